The Kier molecular flexibility index (Phi) is 4.90. The fourth-order valence-corrected chi connectivity index (χ4v) is 2.09. The Morgan fingerprint density at radius 3 is 2.36 bits per heavy atom. The molecule has 1 N–H and O–H groups in total. The third-order valence-corrected chi connectivity index (χ3v) is 3.07. The van der Waals surface area contributed by atoms with Crippen molar-refractivity contribution in [3.63, 3.8) is 0 Å². The van der Waals surface area contributed by atoms with Crippen LogP contribution < -0.4 is 5.32 Å². The van der Waals surface area contributed by atoms with Gasteiger partial charge in [0.05, 0.1) is 6.10 Å². The van der Waals surface area contributed by atoms with Gasteiger partial charge in [0.2, 0.25) is 0 Å². The second-order valence-electron chi connectivity index (χ2n) is 4.74. The summed E-state index contributed by atoms with van der Waals surface area (Å²) in [6.45, 7) is 7.40. The lowest BCUT2D eigenvalue weighted by molar-refractivity contribution is 0.00200. The van der Waals surface area contributed by atoms with Gasteiger partial charge >= 0.3 is 0 Å². The van der Waals surface area contributed by atoms with Crippen LogP contribution in [0.3, 0.4) is 0 Å². The Balaban J connectivity index is 2.42. The largest absolute Gasteiger partial charge is 0.377 e. The maximum atomic E-state index is 5.82. The van der Waals surface area contributed by atoms with Crippen molar-refractivity contribution < 1.29 is 4.74 Å². The number of hydrogen-bond donors (Lipinski definition) is 1. The summed E-state index contributed by atoms with van der Waals surface area (Å²) in [5, 5.41) is 3.41. The average molecular weight is 199 g/mol. The van der Waals surface area contributed by atoms with E-state index in [-0.39, 0.29) is 0 Å². The average Bonchev–Trinajstić information content (AvgIpc) is 2.94. The van der Waals surface area contributed by atoms with E-state index in [0.717, 1.165) is 12.5 Å². The van der Waals surface area contributed by atoms with Gasteiger partial charge in [0.1, 0.15) is 0 Å². The minimum absolute atomic E-state index is 0.380. The lowest BCUT2D eigenvalue weighted by Crippen LogP contribution is -2.43. The number of likely N-dealkylation sites (N-methyl/N-ethyl adjacent to an activating group) is 1. The van der Waals surface area contributed by atoms with E-state index >= 15 is 0 Å². The Morgan fingerprint density at radius 1 is 1.36 bits per heavy atom. The van der Waals surface area contributed by atoms with Gasteiger partial charge in [0, 0.05) is 12.6 Å². The van der Waals surface area contributed by atoms with Crippen LogP contribution >= 0.6 is 0 Å². The van der Waals surface area contributed by atoms with E-state index < -0.39 is 0 Å². The van der Waals surface area contributed by atoms with Crippen LogP contribution in [-0.4, -0.2) is 25.8 Å². The molecular weight excluding hydrogens is 174 g/mol. The van der Waals surface area contributed by atoms with Crippen LogP contribution in [0.1, 0.15) is 40.0 Å². The molecular formula is C12H25NO. The monoisotopic (exact) mass is 199 g/mol. The predicted octanol–water partition coefficient (Wildman–Crippen LogP) is 2.44. The van der Waals surface area contributed by atoms with Gasteiger partial charge in [-0.15, -0.1) is 0 Å². The van der Waals surface area contributed by atoms with Crippen molar-refractivity contribution >= 4 is 0 Å². The highest BCUT2D eigenvalue weighted by Crippen LogP contribution is 2.35. The fraction of sp³-hybridized carbons (Fsp3) is 1.00. The minimum atomic E-state index is 0.380. The van der Waals surface area contributed by atoms with Crippen LogP contribution in [0, 0.1) is 11.8 Å². The Hall–Kier alpha value is -0.0800. The second-order valence-corrected chi connectivity index (χ2v) is 4.74. The van der Waals surface area contributed by atoms with Crippen molar-refractivity contribution in [1.29, 1.82) is 0 Å². The van der Waals surface area contributed by atoms with E-state index in [2.05, 4.69) is 33.1 Å². The lowest BCUT2D eigenvalue weighted by atomic mass is 9.95. The third kappa shape index (κ3) is 3.58. The summed E-state index contributed by atoms with van der Waals surface area (Å²) in [5.41, 5.74) is 0. The molecule has 0 heterocycles. The van der Waals surface area contributed by atoms with E-state index in [1.54, 1.807) is 0 Å². The summed E-state index contributed by atoms with van der Waals surface area (Å²) in [4.78, 5) is 0. The standard InChI is InChI=1S/C12H25NO/c1-5-14-12(9(2)3)11(13-4)8-10-6-7-10/h9-13H,5-8H2,1-4H3. The van der Waals surface area contributed by atoms with Gasteiger partial charge in [-0.2, -0.15) is 0 Å². The zero-order valence-corrected chi connectivity index (χ0v) is 10.0. The summed E-state index contributed by atoms with van der Waals surface area (Å²) in [5.74, 6) is 1.57. The van der Waals surface area contributed by atoms with Gasteiger partial charge in [-0.3, -0.25) is 0 Å². The number of ether oxygens (including phenoxy) is 1. The van der Waals surface area contributed by atoms with E-state index in [9.17, 15) is 0 Å². The molecule has 1 aliphatic rings. The van der Waals surface area contributed by atoms with Gasteiger partial charge in [0.25, 0.3) is 0 Å². The molecule has 0 saturated heterocycles. The van der Waals surface area contributed by atoms with E-state index in [4.69, 9.17) is 4.74 Å². The first-order chi connectivity index (χ1) is 6.69. The first kappa shape index (κ1) is 12.0. The molecule has 0 aromatic carbocycles. The van der Waals surface area contributed by atoms with Gasteiger partial charge in [-0.05, 0) is 32.2 Å². The van der Waals surface area contributed by atoms with E-state index in [1.807, 2.05) is 0 Å². The number of nitrogens with one attached hydrogen (secondary N) is 1. The fourth-order valence-electron chi connectivity index (χ4n) is 2.09. The maximum Gasteiger partial charge on any atom is 0.0750 e. The molecule has 2 atom stereocenters. The van der Waals surface area contributed by atoms with Crippen molar-refractivity contribution in [2.24, 2.45) is 11.8 Å². The van der Waals surface area contributed by atoms with Crippen LogP contribution in [0.5, 0.6) is 0 Å². The van der Waals surface area contributed by atoms with Crippen LogP contribution in [0.4, 0.5) is 0 Å². The second kappa shape index (κ2) is 5.72. The van der Waals surface area contributed by atoms with Crippen LogP contribution in [0.2, 0.25) is 0 Å². The zero-order valence-electron chi connectivity index (χ0n) is 10.0. The first-order valence-corrected chi connectivity index (χ1v) is 5.97. The zero-order chi connectivity index (χ0) is 10.6. The van der Waals surface area contributed by atoms with Gasteiger partial charge in [-0.25, -0.2) is 0 Å². The molecule has 0 amide bonds. The smallest absolute Gasteiger partial charge is 0.0750 e. The highest BCUT2D eigenvalue weighted by Gasteiger charge is 2.30. The molecule has 0 aromatic rings. The van der Waals surface area contributed by atoms with Crippen molar-refractivity contribution in [3.05, 3.63) is 0 Å². The van der Waals surface area contributed by atoms with E-state index in [0.29, 0.717) is 18.1 Å². The van der Waals surface area contributed by atoms with Crippen molar-refractivity contribution in [3.8, 4) is 0 Å². The summed E-state index contributed by atoms with van der Waals surface area (Å²) >= 11 is 0. The molecule has 0 aliphatic heterocycles. The van der Waals surface area contributed by atoms with Crippen molar-refractivity contribution in [2.75, 3.05) is 13.7 Å². The molecule has 1 saturated carbocycles. The van der Waals surface area contributed by atoms with Gasteiger partial charge in [0.15, 0.2) is 0 Å². The molecule has 1 fully saturated rings. The SMILES string of the molecule is CCOC(C(C)C)C(CC1CC1)NC. The summed E-state index contributed by atoms with van der Waals surface area (Å²) in [6.07, 6.45) is 4.52. The normalized spacial score (nSPS) is 21.2. The predicted molar refractivity (Wildman–Crippen MR) is 60.4 cm³/mol. The molecule has 1 rings (SSSR count). The van der Waals surface area contributed by atoms with E-state index in [1.165, 1.54) is 19.3 Å². The topological polar surface area (TPSA) is 21.3 Å². The third-order valence-electron chi connectivity index (χ3n) is 3.07. The Labute approximate surface area is 88.4 Å². The molecule has 0 aromatic heterocycles. The maximum absolute atomic E-state index is 5.82. The molecule has 84 valence electrons. The first-order valence-electron chi connectivity index (χ1n) is 5.97. The quantitative estimate of drug-likeness (QED) is 0.680. The molecule has 2 heteroatoms. The highest BCUT2D eigenvalue weighted by molar-refractivity contribution is 4.85. The molecule has 1 aliphatic carbocycles. The number of hydrogen-bond acceptors (Lipinski definition) is 2. The lowest BCUT2D eigenvalue weighted by Gasteiger charge is -2.29. The van der Waals surface area contributed by atoms with Crippen molar-refractivity contribution in [1.82, 2.24) is 5.32 Å². The van der Waals surface area contributed by atoms with Crippen LogP contribution in [0.15, 0.2) is 0 Å². The van der Waals surface area contributed by atoms with Gasteiger partial charge < -0.3 is 10.1 Å². The number of rotatable bonds is 7. The van der Waals surface area contributed by atoms with Gasteiger partial charge in [-0.1, -0.05) is 26.7 Å². The Morgan fingerprint density at radius 2 is 2.00 bits per heavy atom. The molecule has 0 spiro atoms. The molecule has 0 bridgehead atoms. The summed E-state index contributed by atoms with van der Waals surface area (Å²) in [7, 11) is 2.06. The van der Waals surface area contributed by atoms with Crippen LogP contribution in [-0.2, 0) is 4.74 Å². The molecule has 0 radical (unpaired) electrons. The van der Waals surface area contributed by atoms with Crippen LogP contribution in [0.25, 0.3) is 0 Å². The van der Waals surface area contributed by atoms with Crippen molar-refractivity contribution in [2.45, 2.75) is 52.2 Å². The minimum Gasteiger partial charge on any atom is -0.377 e. The molecule has 2 nitrogen and oxygen atoms in total. The summed E-state index contributed by atoms with van der Waals surface area (Å²) < 4.78 is 5.82. The highest BCUT2D eigenvalue weighted by atomic mass is 16.5. The Bertz CT molecular complexity index is 154. The molecule has 14 heavy (non-hydrogen) atoms. The molecule has 2 unspecified atom stereocenters. The summed E-state index contributed by atoms with van der Waals surface area (Å²) in [6, 6.07) is 0.544.